The van der Waals surface area contributed by atoms with E-state index in [1.165, 1.54) is 18.3 Å². The van der Waals surface area contributed by atoms with Crippen LogP contribution in [0.5, 0.6) is 0 Å². The predicted octanol–water partition coefficient (Wildman–Crippen LogP) is 4.92. The molecule has 0 saturated heterocycles. The lowest BCUT2D eigenvalue weighted by molar-refractivity contribution is -0.141. The molecule has 30 heavy (non-hydrogen) atoms. The van der Waals surface area contributed by atoms with Gasteiger partial charge in [-0.1, -0.05) is 29.3 Å². The summed E-state index contributed by atoms with van der Waals surface area (Å²) in [7, 11) is 0. The van der Waals surface area contributed by atoms with E-state index in [1.807, 2.05) is 0 Å². The van der Waals surface area contributed by atoms with Crippen LogP contribution in [0.2, 0.25) is 10.2 Å². The summed E-state index contributed by atoms with van der Waals surface area (Å²) < 4.78 is 52.6. The molecule has 0 spiro atoms. The molecular weight excluding hydrogens is 449 g/mol. The van der Waals surface area contributed by atoms with Crippen molar-refractivity contribution in [3.8, 4) is 0 Å². The molecule has 1 amide bonds. The van der Waals surface area contributed by atoms with Crippen LogP contribution in [-0.2, 0) is 6.18 Å². The number of rotatable bonds is 4. The number of aromatic nitrogens is 2. The van der Waals surface area contributed by atoms with Crippen LogP contribution in [-0.4, -0.2) is 32.8 Å². The Hall–Kier alpha value is -1.97. The lowest BCUT2D eigenvalue weighted by Crippen LogP contribution is -2.48. The minimum absolute atomic E-state index is 0.00426. The van der Waals surface area contributed by atoms with Crippen molar-refractivity contribution in [3.05, 3.63) is 57.6 Å². The van der Waals surface area contributed by atoms with Crippen molar-refractivity contribution in [1.29, 1.82) is 0 Å². The predicted molar refractivity (Wildman–Crippen MR) is 102 cm³/mol. The first kappa shape index (κ1) is 22.7. The third-order valence-corrected chi connectivity index (χ3v) is 5.70. The molecule has 1 saturated carbocycles. The zero-order valence-electron chi connectivity index (χ0n) is 15.4. The Morgan fingerprint density at radius 3 is 2.53 bits per heavy atom. The number of nitrogens with zero attached hydrogens (tertiary/aromatic N) is 2. The van der Waals surface area contributed by atoms with E-state index in [-0.39, 0.29) is 41.4 Å². The molecular formula is C19H17Cl2F4N3O2. The van der Waals surface area contributed by atoms with Gasteiger partial charge < -0.3 is 10.4 Å². The first-order valence-corrected chi connectivity index (χ1v) is 9.77. The Bertz CT molecular complexity index is 934. The maximum absolute atomic E-state index is 13.6. The van der Waals surface area contributed by atoms with E-state index in [1.54, 1.807) is 0 Å². The fourth-order valence-electron chi connectivity index (χ4n) is 3.46. The van der Waals surface area contributed by atoms with Crippen molar-refractivity contribution < 1.29 is 27.5 Å². The standard InChI is InChI=1S/C19H17Cl2F4N3O2/c20-13-9-27-14(19(23,24)25)8-12(13)17(29)28-15(11-2-1-7-26-16(11)21)18(30)5-3-10(22)4-6-18/h1-2,7-10,15,30H,3-6H2,(H,28,29)/t10-,15?,18-. The second-order valence-corrected chi connectivity index (χ2v) is 7.88. The van der Waals surface area contributed by atoms with Crippen molar-refractivity contribution in [2.45, 2.75) is 49.7 Å². The van der Waals surface area contributed by atoms with Gasteiger partial charge in [0, 0.05) is 18.0 Å². The number of carbonyl (C=O) groups is 1. The van der Waals surface area contributed by atoms with Crippen LogP contribution >= 0.6 is 23.2 Å². The molecule has 0 radical (unpaired) electrons. The molecule has 1 unspecified atom stereocenters. The van der Waals surface area contributed by atoms with Gasteiger partial charge >= 0.3 is 6.18 Å². The van der Waals surface area contributed by atoms with Crippen LogP contribution in [0.3, 0.4) is 0 Å². The molecule has 0 aromatic carbocycles. The average molecular weight is 466 g/mol. The van der Waals surface area contributed by atoms with E-state index in [0.717, 1.165) is 6.20 Å². The number of halogens is 6. The van der Waals surface area contributed by atoms with Gasteiger partial charge in [-0.25, -0.2) is 9.37 Å². The fourth-order valence-corrected chi connectivity index (χ4v) is 3.88. The topological polar surface area (TPSA) is 75.1 Å². The number of hydrogen-bond donors (Lipinski definition) is 2. The lowest BCUT2D eigenvalue weighted by Gasteiger charge is -2.40. The average Bonchev–Trinajstić information content (AvgIpc) is 2.68. The van der Waals surface area contributed by atoms with Crippen LogP contribution in [0.1, 0.15) is 53.3 Å². The highest BCUT2D eigenvalue weighted by atomic mass is 35.5. The highest BCUT2D eigenvalue weighted by Crippen LogP contribution is 2.41. The summed E-state index contributed by atoms with van der Waals surface area (Å²) in [5.41, 5.74) is -3.07. The van der Waals surface area contributed by atoms with Gasteiger partial charge in [0.25, 0.3) is 5.91 Å². The summed E-state index contributed by atoms with van der Waals surface area (Å²) in [6, 6.07) is 2.44. The van der Waals surface area contributed by atoms with Crippen molar-refractivity contribution in [2.75, 3.05) is 0 Å². The summed E-state index contributed by atoms with van der Waals surface area (Å²) in [6.45, 7) is 0. The van der Waals surface area contributed by atoms with Crippen LogP contribution in [0.25, 0.3) is 0 Å². The fraction of sp³-hybridized carbons (Fsp3) is 0.421. The van der Waals surface area contributed by atoms with E-state index in [4.69, 9.17) is 23.2 Å². The third-order valence-electron chi connectivity index (χ3n) is 5.08. The van der Waals surface area contributed by atoms with Crippen LogP contribution in [0.15, 0.2) is 30.6 Å². The molecule has 3 rings (SSSR count). The van der Waals surface area contributed by atoms with Crippen molar-refractivity contribution in [1.82, 2.24) is 15.3 Å². The number of nitrogens with one attached hydrogen (secondary N) is 1. The minimum atomic E-state index is -4.77. The Balaban J connectivity index is 1.98. The summed E-state index contributed by atoms with van der Waals surface area (Å²) >= 11 is 12.0. The maximum atomic E-state index is 13.6. The van der Waals surface area contributed by atoms with Gasteiger partial charge in [0.2, 0.25) is 0 Å². The lowest BCUT2D eigenvalue weighted by atomic mass is 9.76. The number of carbonyl (C=O) groups excluding carboxylic acids is 1. The first-order valence-electron chi connectivity index (χ1n) is 9.02. The quantitative estimate of drug-likeness (QED) is 0.496. The van der Waals surface area contributed by atoms with Gasteiger partial charge in [0.05, 0.1) is 22.2 Å². The van der Waals surface area contributed by atoms with Crippen LogP contribution in [0.4, 0.5) is 17.6 Å². The zero-order chi connectivity index (χ0) is 22.1. The number of aliphatic hydroxyl groups is 1. The minimum Gasteiger partial charge on any atom is -0.387 e. The second kappa shape index (κ2) is 8.64. The van der Waals surface area contributed by atoms with Crippen LogP contribution in [0, 0.1) is 0 Å². The normalized spacial score (nSPS) is 23.1. The van der Waals surface area contributed by atoms with E-state index in [0.29, 0.717) is 6.07 Å². The van der Waals surface area contributed by atoms with Gasteiger partial charge in [-0.05, 0) is 37.8 Å². The monoisotopic (exact) mass is 465 g/mol. The summed E-state index contributed by atoms with van der Waals surface area (Å²) in [5.74, 6) is -0.964. The van der Waals surface area contributed by atoms with Gasteiger partial charge in [-0.3, -0.25) is 9.78 Å². The molecule has 162 valence electrons. The maximum Gasteiger partial charge on any atom is 0.433 e. The van der Waals surface area contributed by atoms with Crippen molar-refractivity contribution in [2.24, 2.45) is 0 Å². The number of pyridine rings is 2. The Kier molecular flexibility index (Phi) is 6.54. The zero-order valence-corrected chi connectivity index (χ0v) is 16.9. The largest absolute Gasteiger partial charge is 0.433 e. The molecule has 2 heterocycles. The summed E-state index contributed by atoms with van der Waals surface area (Å²) in [4.78, 5) is 20.0. The van der Waals surface area contributed by atoms with Gasteiger partial charge in [0.15, 0.2) is 0 Å². The van der Waals surface area contributed by atoms with Crippen molar-refractivity contribution >= 4 is 29.1 Å². The van der Waals surface area contributed by atoms with Gasteiger partial charge in [-0.15, -0.1) is 0 Å². The molecule has 0 aliphatic heterocycles. The van der Waals surface area contributed by atoms with Gasteiger partial charge in [-0.2, -0.15) is 13.2 Å². The number of hydrogen-bond acceptors (Lipinski definition) is 4. The Morgan fingerprint density at radius 1 is 1.27 bits per heavy atom. The van der Waals surface area contributed by atoms with E-state index < -0.39 is 41.2 Å². The molecule has 11 heteroatoms. The molecule has 2 aromatic rings. The smallest absolute Gasteiger partial charge is 0.387 e. The molecule has 1 atom stereocenters. The first-order chi connectivity index (χ1) is 14.0. The van der Waals surface area contributed by atoms with Gasteiger partial charge in [0.1, 0.15) is 17.0 Å². The Morgan fingerprint density at radius 2 is 1.93 bits per heavy atom. The molecule has 2 N–H and O–H groups in total. The highest BCUT2D eigenvalue weighted by Gasteiger charge is 2.43. The summed E-state index contributed by atoms with van der Waals surface area (Å²) in [6.07, 6.45) is -3.57. The highest BCUT2D eigenvalue weighted by molar-refractivity contribution is 6.33. The van der Waals surface area contributed by atoms with E-state index in [9.17, 15) is 27.5 Å². The SMILES string of the molecule is O=C(NC(c1cccnc1Cl)[C@]1(O)CC[C@H](F)CC1)c1cc(C(F)(F)F)ncc1Cl. The molecule has 5 nitrogen and oxygen atoms in total. The third kappa shape index (κ3) is 4.84. The van der Waals surface area contributed by atoms with Crippen molar-refractivity contribution in [3.63, 3.8) is 0 Å². The van der Waals surface area contributed by atoms with E-state index in [2.05, 4.69) is 15.3 Å². The molecule has 2 aromatic heterocycles. The molecule has 1 aliphatic rings. The number of alkyl halides is 4. The van der Waals surface area contributed by atoms with E-state index >= 15 is 0 Å². The van der Waals surface area contributed by atoms with Crippen LogP contribution < -0.4 is 5.32 Å². The Labute approximate surface area is 179 Å². The summed E-state index contributed by atoms with van der Waals surface area (Å²) in [5, 5.41) is 13.4. The molecule has 1 aliphatic carbocycles. The number of amides is 1. The second-order valence-electron chi connectivity index (χ2n) is 7.12. The molecule has 0 bridgehead atoms. The molecule has 1 fully saturated rings.